The normalized spacial score (nSPS) is 11.7. The molecule has 0 radical (unpaired) electrons. The summed E-state index contributed by atoms with van der Waals surface area (Å²) in [6, 6.07) is 15.2. The molecule has 0 heterocycles. The number of hydrogen-bond acceptors (Lipinski definition) is 5. The summed E-state index contributed by atoms with van der Waals surface area (Å²) >= 11 is 0. The van der Waals surface area contributed by atoms with E-state index in [0.29, 0.717) is 18.5 Å². The first-order chi connectivity index (χ1) is 13.0. The van der Waals surface area contributed by atoms with Crippen LogP contribution in [0.25, 0.3) is 6.08 Å². The Labute approximate surface area is 156 Å². The molecule has 2 aromatic rings. The second-order valence-electron chi connectivity index (χ2n) is 5.72. The number of esters is 1. The molecule has 2 aromatic carbocycles. The predicted molar refractivity (Wildman–Crippen MR) is 101 cm³/mol. The molecule has 0 aromatic heterocycles. The van der Waals surface area contributed by atoms with Gasteiger partial charge in [-0.3, -0.25) is 14.9 Å². The molecule has 1 atom stereocenters. The largest absolute Gasteiger partial charge is 0.449 e. The zero-order chi connectivity index (χ0) is 19.6. The van der Waals surface area contributed by atoms with Gasteiger partial charge in [-0.05, 0) is 23.6 Å². The molecule has 0 saturated heterocycles. The lowest BCUT2D eigenvalue weighted by molar-refractivity contribution is -0.384. The van der Waals surface area contributed by atoms with Crippen LogP contribution in [0.1, 0.15) is 24.5 Å². The van der Waals surface area contributed by atoms with Crippen LogP contribution in [0.3, 0.4) is 0 Å². The first-order valence-electron chi connectivity index (χ1n) is 8.44. The van der Waals surface area contributed by atoms with Crippen molar-refractivity contribution in [2.24, 2.45) is 0 Å². The van der Waals surface area contributed by atoms with E-state index in [2.05, 4.69) is 5.32 Å². The Morgan fingerprint density at radius 2 is 1.93 bits per heavy atom. The minimum absolute atomic E-state index is 0.0720. The third kappa shape index (κ3) is 6.39. The topological polar surface area (TPSA) is 98.5 Å². The monoisotopic (exact) mass is 368 g/mol. The van der Waals surface area contributed by atoms with E-state index in [4.69, 9.17) is 4.74 Å². The molecule has 2 rings (SSSR count). The van der Waals surface area contributed by atoms with E-state index in [-0.39, 0.29) is 11.6 Å². The number of nitrogens with zero attached hydrogens (tertiary/aromatic N) is 1. The van der Waals surface area contributed by atoms with Crippen molar-refractivity contribution in [1.29, 1.82) is 0 Å². The molecular weight excluding hydrogens is 348 g/mol. The van der Waals surface area contributed by atoms with Crippen LogP contribution in [0.2, 0.25) is 0 Å². The van der Waals surface area contributed by atoms with Gasteiger partial charge in [0.2, 0.25) is 0 Å². The Morgan fingerprint density at radius 3 is 2.59 bits per heavy atom. The molecule has 140 valence electrons. The van der Waals surface area contributed by atoms with Gasteiger partial charge in [0.05, 0.1) is 4.92 Å². The molecule has 0 aliphatic carbocycles. The van der Waals surface area contributed by atoms with Gasteiger partial charge in [-0.2, -0.15) is 0 Å². The molecule has 0 aliphatic heterocycles. The zero-order valence-corrected chi connectivity index (χ0v) is 14.8. The van der Waals surface area contributed by atoms with Crippen LogP contribution in [0.4, 0.5) is 5.69 Å². The Morgan fingerprint density at radius 1 is 1.19 bits per heavy atom. The van der Waals surface area contributed by atoms with Gasteiger partial charge in [0.1, 0.15) is 0 Å². The smallest absolute Gasteiger partial charge is 0.331 e. The third-order valence-electron chi connectivity index (χ3n) is 3.72. The van der Waals surface area contributed by atoms with Gasteiger partial charge in [-0.25, -0.2) is 4.79 Å². The Kier molecular flexibility index (Phi) is 7.25. The van der Waals surface area contributed by atoms with Crippen molar-refractivity contribution in [1.82, 2.24) is 5.32 Å². The summed E-state index contributed by atoms with van der Waals surface area (Å²) in [5.41, 5.74) is 1.36. The van der Waals surface area contributed by atoms with Gasteiger partial charge in [-0.1, -0.05) is 49.4 Å². The molecule has 1 N–H and O–H groups in total. The van der Waals surface area contributed by atoms with Crippen molar-refractivity contribution in [3.05, 3.63) is 81.9 Å². The number of amides is 1. The molecule has 0 fully saturated rings. The summed E-state index contributed by atoms with van der Waals surface area (Å²) in [5.74, 6) is -1.07. The molecule has 0 spiro atoms. The maximum Gasteiger partial charge on any atom is 0.331 e. The molecular formula is C20H20N2O5. The average molecular weight is 368 g/mol. The van der Waals surface area contributed by atoms with Crippen molar-refractivity contribution in [3.8, 4) is 0 Å². The van der Waals surface area contributed by atoms with Crippen molar-refractivity contribution in [2.75, 3.05) is 0 Å². The van der Waals surface area contributed by atoms with Crippen LogP contribution in [-0.4, -0.2) is 22.9 Å². The van der Waals surface area contributed by atoms with Crippen LogP contribution in [0, 0.1) is 10.1 Å². The Balaban J connectivity index is 1.90. The highest BCUT2D eigenvalue weighted by atomic mass is 16.6. The van der Waals surface area contributed by atoms with Gasteiger partial charge in [0.25, 0.3) is 11.6 Å². The number of carbonyl (C=O) groups excluding carboxylic acids is 2. The number of nitro groups is 1. The maximum absolute atomic E-state index is 12.2. The van der Waals surface area contributed by atoms with E-state index in [1.54, 1.807) is 13.0 Å². The number of nitro benzene ring substituents is 1. The van der Waals surface area contributed by atoms with E-state index in [9.17, 15) is 19.7 Å². The molecule has 7 heteroatoms. The van der Waals surface area contributed by atoms with Gasteiger partial charge in [0, 0.05) is 24.8 Å². The van der Waals surface area contributed by atoms with Gasteiger partial charge >= 0.3 is 5.97 Å². The number of benzene rings is 2. The van der Waals surface area contributed by atoms with Crippen molar-refractivity contribution >= 4 is 23.6 Å². The highest BCUT2D eigenvalue weighted by Gasteiger charge is 2.19. The fraction of sp³-hybridized carbons (Fsp3) is 0.200. The second kappa shape index (κ2) is 9.86. The predicted octanol–water partition coefficient (Wildman–Crippen LogP) is 3.25. The van der Waals surface area contributed by atoms with E-state index in [0.717, 1.165) is 11.6 Å². The molecule has 1 amide bonds. The number of hydrogen-bond donors (Lipinski definition) is 1. The molecule has 0 saturated carbocycles. The number of nitrogens with one attached hydrogen (secondary N) is 1. The Hall–Kier alpha value is -3.48. The average Bonchev–Trinajstić information content (AvgIpc) is 2.69. The number of rotatable bonds is 8. The van der Waals surface area contributed by atoms with E-state index >= 15 is 0 Å². The molecule has 7 nitrogen and oxygen atoms in total. The van der Waals surface area contributed by atoms with Crippen LogP contribution in [0.15, 0.2) is 60.7 Å². The number of non-ortho nitro benzene ring substituents is 1. The SMILES string of the molecule is CCC(OC(=O)/C=C/c1cccc([N+](=O)[O-])c1)C(=O)NCc1ccccc1. The minimum atomic E-state index is -0.907. The second-order valence-corrected chi connectivity index (χ2v) is 5.72. The summed E-state index contributed by atoms with van der Waals surface area (Å²) in [6.07, 6.45) is 1.98. The van der Waals surface area contributed by atoms with Crippen LogP contribution in [0.5, 0.6) is 0 Å². The van der Waals surface area contributed by atoms with E-state index < -0.39 is 17.0 Å². The van der Waals surface area contributed by atoms with E-state index in [1.165, 1.54) is 24.3 Å². The summed E-state index contributed by atoms with van der Waals surface area (Å²) < 4.78 is 5.18. The van der Waals surface area contributed by atoms with Crippen molar-refractivity contribution < 1.29 is 19.2 Å². The molecule has 0 bridgehead atoms. The van der Waals surface area contributed by atoms with Gasteiger partial charge in [0.15, 0.2) is 6.10 Å². The lowest BCUT2D eigenvalue weighted by atomic mass is 10.2. The maximum atomic E-state index is 12.2. The Bertz CT molecular complexity index is 833. The zero-order valence-electron chi connectivity index (χ0n) is 14.8. The number of carbonyl (C=O) groups is 2. The summed E-state index contributed by atoms with van der Waals surface area (Å²) in [7, 11) is 0. The highest BCUT2D eigenvalue weighted by Crippen LogP contribution is 2.14. The molecule has 1 unspecified atom stereocenters. The summed E-state index contributed by atoms with van der Waals surface area (Å²) in [4.78, 5) is 34.4. The van der Waals surface area contributed by atoms with Crippen molar-refractivity contribution in [2.45, 2.75) is 26.0 Å². The summed E-state index contributed by atoms with van der Waals surface area (Å²) in [5, 5.41) is 13.5. The van der Waals surface area contributed by atoms with Crippen LogP contribution < -0.4 is 5.32 Å². The molecule has 0 aliphatic rings. The fourth-order valence-corrected chi connectivity index (χ4v) is 2.31. The van der Waals surface area contributed by atoms with Crippen LogP contribution in [-0.2, 0) is 20.9 Å². The van der Waals surface area contributed by atoms with E-state index in [1.807, 2.05) is 30.3 Å². The first kappa shape index (κ1) is 19.8. The standard InChI is InChI=1S/C20H20N2O5/c1-2-18(20(24)21-14-16-7-4-3-5-8-16)27-19(23)12-11-15-9-6-10-17(13-15)22(25)26/h3-13,18H,2,14H2,1H3,(H,21,24)/b12-11+. The number of ether oxygens (including phenoxy) is 1. The van der Waals surface area contributed by atoms with Crippen LogP contribution >= 0.6 is 0 Å². The molecule has 27 heavy (non-hydrogen) atoms. The minimum Gasteiger partial charge on any atom is -0.449 e. The lowest BCUT2D eigenvalue weighted by Crippen LogP contribution is -2.36. The fourth-order valence-electron chi connectivity index (χ4n) is 2.31. The quantitative estimate of drug-likeness (QED) is 0.334. The summed E-state index contributed by atoms with van der Waals surface area (Å²) in [6.45, 7) is 2.08. The highest BCUT2D eigenvalue weighted by molar-refractivity contribution is 5.90. The first-order valence-corrected chi connectivity index (χ1v) is 8.44. The van der Waals surface area contributed by atoms with Gasteiger partial charge in [-0.15, -0.1) is 0 Å². The van der Waals surface area contributed by atoms with Crippen molar-refractivity contribution in [3.63, 3.8) is 0 Å². The third-order valence-corrected chi connectivity index (χ3v) is 3.72. The lowest BCUT2D eigenvalue weighted by Gasteiger charge is -2.15. The van der Waals surface area contributed by atoms with Gasteiger partial charge < -0.3 is 10.1 Å².